The van der Waals surface area contributed by atoms with Gasteiger partial charge in [0.05, 0.1) is 23.4 Å². The number of fused-ring (bicyclic) bond motifs is 2. The van der Waals surface area contributed by atoms with Crippen molar-refractivity contribution in [2.45, 2.75) is 0 Å². The van der Waals surface area contributed by atoms with E-state index in [2.05, 4.69) is 82.1 Å². The highest BCUT2D eigenvalue weighted by molar-refractivity contribution is 6.09. The summed E-state index contributed by atoms with van der Waals surface area (Å²) in [6.45, 7) is 0. The minimum absolute atomic E-state index is 1.05. The second-order valence-corrected chi connectivity index (χ2v) is 5.70. The molecule has 0 saturated carbocycles. The van der Waals surface area contributed by atoms with Gasteiger partial charge in [-0.15, -0.1) is 10.2 Å². The fourth-order valence-corrected chi connectivity index (χ4v) is 2.96. The lowest BCUT2D eigenvalue weighted by Gasteiger charge is -2.10. The van der Waals surface area contributed by atoms with Crippen LogP contribution >= 0.6 is 0 Å². The highest BCUT2D eigenvalue weighted by atomic mass is 15.3. The number of para-hydroxylation sites is 2. The van der Waals surface area contributed by atoms with E-state index in [-0.39, 0.29) is 0 Å². The molecule has 2 heterocycles. The molecule has 0 radical (unpaired) electrons. The molecule has 3 aromatic carbocycles. The van der Waals surface area contributed by atoms with Crippen molar-refractivity contribution in [1.82, 2.24) is 20.4 Å². The first kappa shape index (κ1) is 15.8. The molecule has 2 aromatic heterocycles. The zero-order valence-corrected chi connectivity index (χ0v) is 14.0. The van der Waals surface area contributed by atoms with Gasteiger partial charge >= 0.3 is 0 Å². The summed E-state index contributed by atoms with van der Waals surface area (Å²) in [7, 11) is 0. The van der Waals surface area contributed by atoms with Crippen molar-refractivity contribution in [2.75, 3.05) is 0 Å². The van der Waals surface area contributed by atoms with Gasteiger partial charge in [-0.25, -0.2) is 4.98 Å². The zero-order chi connectivity index (χ0) is 17.6. The Hall–Kier alpha value is -3.66. The molecule has 0 saturated heterocycles. The average molecular weight is 336 g/mol. The largest absolute Gasteiger partial charge is 0.248 e. The van der Waals surface area contributed by atoms with Gasteiger partial charge in [0.2, 0.25) is 0 Å². The Morgan fingerprint density at radius 3 is 1.54 bits per heavy atom. The SMILES string of the molecule is c1ccc(-c2c3ccccc3nc3ccccc23)cc1.c1cnnnc1. The van der Waals surface area contributed by atoms with E-state index in [1.54, 1.807) is 18.5 Å². The molecule has 0 N–H and O–H groups in total. The summed E-state index contributed by atoms with van der Waals surface area (Å²) >= 11 is 0. The Kier molecular flexibility index (Phi) is 4.56. The third-order valence-corrected chi connectivity index (χ3v) is 4.06. The van der Waals surface area contributed by atoms with Crippen LogP contribution in [0.4, 0.5) is 0 Å². The van der Waals surface area contributed by atoms with Crippen LogP contribution in [0.3, 0.4) is 0 Å². The van der Waals surface area contributed by atoms with Gasteiger partial charge in [-0.3, -0.25) is 0 Å². The third kappa shape index (κ3) is 3.26. The molecular formula is C22H16N4. The first-order valence-corrected chi connectivity index (χ1v) is 8.35. The van der Waals surface area contributed by atoms with Crippen LogP contribution in [0.5, 0.6) is 0 Å². The molecule has 124 valence electrons. The summed E-state index contributed by atoms with van der Waals surface area (Å²) in [5, 5.41) is 12.5. The number of benzene rings is 3. The number of pyridine rings is 1. The quantitative estimate of drug-likeness (QED) is 0.407. The van der Waals surface area contributed by atoms with E-state index in [1.807, 2.05) is 12.1 Å². The third-order valence-electron chi connectivity index (χ3n) is 4.06. The first-order chi connectivity index (χ1) is 12.9. The van der Waals surface area contributed by atoms with Crippen LogP contribution in [0.25, 0.3) is 32.9 Å². The molecule has 0 fully saturated rings. The molecule has 0 atom stereocenters. The van der Waals surface area contributed by atoms with Gasteiger partial charge in [0.1, 0.15) is 0 Å². The van der Waals surface area contributed by atoms with Crippen molar-refractivity contribution in [3.8, 4) is 11.1 Å². The van der Waals surface area contributed by atoms with E-state index in [0.29, 0.717) is 0 Å². The molecule has 0 bridgehead atoms. The van der Waals surface area contributed by atoms with E-state index in [0.717, 1.165) is 11.0 Å². The molecule has 4 nitrogen and oxygen atoms in total. The number of hydrogen-bond acceptors (Lipinski definition) is 4. The molecule has 0 aliphatic carbocycles. The molecule has 26 heavy (non-hydrogen) atoms. The van der Waals surface area contributed by atoms with Crippen LogP contribution in [-0.4, -0.2) is 20.4 Å². The lowest BCUT2D eigenvalue weighted by molar-refractivity contribution is 0.865. The molecule has 5 aromatic rings. The number of hydrogen-bond donors (Lipinski definition) is 0. The van der Waals surface area contributed by atoms with Crippen LogP contribution < -0.4 is 0 Å². The maximum atomic E-state index is 4.76. The summed E-state index contributed by atoms with van der Waals surface area (Å²) in [5.41, 5.74) is 4.60. The summed E-state index contributed by atoms with van der Waals surface area (Å²) < 4.78 is 0. The predicted octanol–water partition coefficient (Wildman–Crippen LogP) is 4.93. The Bertz CT molecular complexity index is 1050. The van der Waals surface area contributed by atoms with Crippen LogP contribution in [0, 0.1) is 0 Å². The number of aromatic nitrogens is 4. The fourth-order valence-electron chi connectivity index (χ4n) is 2.96. The van der Waals surface area contributed by atoms with Crippen molar-refractivity contribution in [3.63, 3.8) is 0 Å². The van der Waals surface area contributed by atoms with Crippen molar-refractivity contribution in [3.05, 3.63) is 97.3 Å². The summed E-state index contributed by atoms with van der Waals surface area (Å²) in [6.07, 6.45) is 3.15. The van der Waals surface area contributed by atoms with Gasteiger partial charge in [0, 0.05) is 16.3 Å². The van der Waals surface area contributed by atoms with Crippen LogP contribution in [-0.2, 0) is 0 Å². The maximum absolute atomic E-state index is 4.76. The predicted molar refractivity (Wildman–Crippen MR) is 105 cm³/mol. The summed E-state index contributed by atoms with van der Waals surface area (Å²) in [4.78, 5) is 4.76. The standard InChI is InChI=1S/C19H13N.C3H3N3/c1-2-8-14(9-3-1)19-15-10-4-6-12-17(15)20-18-13-7-5-11-16(18)19;1-2-4-6-5-3-1/h1-13H;1-3H. The minimum atomic E-state index is 1.05. The van der Waals surface area contributed by atoms with Gasteiger partial charge in [-0.1, -0.05) is 66.7 Å². The summed E-state index contributed by atoms with van der Waals surface area (Å²) in [6, 6.07) is 28.9. The van der Waals surface area contributed by atoms with Crippen LogP contribution in [0.2, 0.25) is 0 Å². The monoisotopic (exact) mass is 336 g/mol. The zero-order valence-electron chi connectivity index (χ0n) is 14.0. The van der Waals surface area contributed by atoms with E-state index in [1.165, 1.54) is 21.9 Å². The molecule has 0 aliphatic heterocycles. The topological polar surface area (TPSA) is 51.6 Å². The van der Waals surface area contributed by atoms with Crippen molar-refractivity contribution < 1.29 is 0 Å². The lowest BCUT2D eigenvalue weighted by atomic mass is 9.96. The second kappa shape index (κ2) is 7.49. The molecule has 0 amide bonds. The number of rotatable bonds is 1. The van der Waals surface area contributed by atoms with E-state index >= 15 is 0 Å². The normalized spacial score (nSPS) is 10.3. The minimum Gasteiger partial charge on any atom is -0.248 e. The van der Waals surface area contributed by atoms with Crippen LogP contribution in [0.1, 0.15) is 0 Å². The highest BCUT2D eigenvalue weighted by Crippen LogP contribution is 2.34. The second-order valence-electron chi connectivity index (χ2n) is 5.70. The van der Waals surface area contributed by atoms with Gasteiger partial charge in [-0.05, 0) is 29.0 Å². The molecule has 0 aliphatic rings. The molecule has 0 unspecified atom stereocenters. The fraction of sp³-hybridized carbons (Fsp3) is 0. The average Bonchev–Trinajstić information content (AvgIpc) is 2.74. The van der Waals surface area contributed by atoms with Crippen molar-refractivity contribution in [2.24, 2.45) is 0 Å². The van der Waals surface area contributed by atoms with Crippen molar-refractivity contribution >= 4 is 21.8 Å². The Labute approximate surface area is 151 Å². The highest BCUT2D eigenvalue weighted by Gasteiger charge is 2.09. The van der Waals surface area contributed by atoms with E-state index in [4.69, 9.17) is 4.98 Å². The molecule has 5 rings (SSSR count). The smallest absolute Gasteiger partial charge is 0.0715 e. The van der Waals surface area contributed by atoms with Crippen molar-refractivity contribution in [1.29, 1.82) is 0 Å². The molecular weight excluding hydrogens is 320 g/mol. The van der Waals surface area contributed by atoms with E-state index < -0.39 is 0 Å². The summed E-state index contributed by atoms with van der Waals surface area (Å²) in [5.74, 6) is 0. The first-order valence-electron chi connectivity index (χ1n) is 8.35. The molecule has 0 spiro atoms. The lowest BCUT2D eigenvalue weighted by Crippen LogP contribution is -1.88. The number of nitrogens with zero attached hydrogens (tertiary/aromatic N) is 4. The van der Waals surface area contributed by atoms with Gasteiger partial charge in [0.15, 0.2) is 0 Å². The van der Waals surface area contributed by atoms with Gasteiger partial charge in [0.25, 0.3) is 0 Å². The van der Waals surface area contributed by atoms with Crippen LogP contribution in [0.15, 0.2) is 97.3 Å². The van der Waals surface area contributed by atoms with E-state index in [9.17, 15) is 0 Å². The van der Waals surface area contributed by atoms with Gasteiger partial charge < -0.3 is 0 Å². The van der Waals surface area contributed by atoms with Gasteiger partial charge in [-0.2, -0.15) is 0 Å². The molecule has 4 heteroatoms. The maximum Gasteiger partial charge on any atom is 0.0715 e. The Balaban J connectivity index is 0.000000240. The Morgan fingerprint density at radius 2 is 1.04 bits per heavy atom. The Morgan fingerprint density at radius 1 is 0.500 bits per heavy atom.